The van der Waals surface area contributed by atoms with Crippen LogP contribution in [0, 0.1) is 58.7 Å². The lowest BCUT2D eigenvalue weighted by Gasteiger charge is -2.33. The zero-order valence-electron chi connectivity index (χ0n) is 31.9. The van der Waals surface area contributed by atoms with Gasteiger partial charge in [0.05, 0.1) is 23.7 Å². The number of imide groups is 2. The molecule has 0 radical (unpaired) electrons. The van der Waals surface area contributed by atoms with Crippen molar-refractivity contribution in [3.63, 3.8) is 0 Å². The maximum atomic E-state index is 14.1. The molecule has 2 saturated carbocycles. The Balaban J connectivity index is 0.859. The second-order valence-electron chi connectivity index (χ2n) is 17.8. The first-order valence-corrected chi connectivity index (χ1v) is 20.0. The summed E-state index contributed by atoms with van der Waals surface area (Å²) in [5.74, 6) is -0.189. The summed E-state index contributed by atoms with van der Waals surface area (Å²) in [6.07, 6.45) is 14.4. The lowest BCUT2D eigenvalue weighted by molar-refractivity contribution is -0.143. The molecule has 2 aromatic carbocycles. The van der Waals surface area contributed by atoms with Gasteiger partial charge in [0, 0.05) is 13.1 Å². The number of allylic oxidation sites excluding steroid dienone is 4. The molecule has 2 aromatic rings. The molecule has 53 heavy (non-hydrogen) atoms. The standard InChI is InChI=1S/C47H54N2O4/c1-7-28-10-12-30(13-11-28)15-17-32-21-33-22-36(32)41-39(33)43(50)48(45(41)52)19-18-27(4)25-47(5,6)26-49-44(51)40-34-23-37(38(24-34)42(40)46(49)53)35-20-29(8-2)14-16-31(35)9-3/h7-8,10-14,16,20-21,23,27,33-34,36,38-42H,1-2,9,15,17-19,22,24-26H2,3-6H3. The van der Waals surface area contributed by atoms with E-state index in [9.17, 15) is 19.2 Å². The lowest BCUT2D eigenvalue weighted by Crippen LogP contribution is -2.41. The number of nitrogens with zero attached hydrogens (tertiary/aromatic N) is 2. The Morgan fingerprint density at radius 1 is 0.774 bits per heavy atom. The quantitative estimate of drug-likeness (QED) is 0.146. The molecule has 4 amide bonds. The Labute approximate surface area is 315 Å². The van der Waals surface area contributed by atoms with E-state index in [1.807, 2.05) is 12.2 Å². The van der Waals surface area contributed by atoms with E-state index in [4.69, 9.17) is 0 Å². The Bertz CT molecular complexity index is 1950. The molecule has 0 aromatic heterocycles. The van der Waals surface area contributed by atoms with E-state index in [2.05, 4.69) is 95.5 Å². The highest BCUT2D eigenvalue weighted by molar-refractivity contribution is 6.08. The van der Waals surface area contributed by atoms with Crippen LogP contribution in [0.2, 0.25) is 0 Å². The van der Waals surface area contributed by atoms with Crippen molar-refractivity contribution in [1.29, 1.82) is 0 Å². The minimum absolute atomic E-state index is 0.00732. The van der Waals surface area contributed by atoms with Gasteiger partial charge in [-0.25, -0.2) is 0 Å². The predicted molar refractivity (Wildman–Crippen MR) is 210 cm³/mol. The molecule has 0 N–H and O–H groups in total. The fourth-order valence-corrected chi connectivity index (χ4v) is 11.5. The monoisotopic (exact) mass is 710 g/mol. The second-order valence-corrected chi connectivity index (χ2v) is 17.8. The number of hydrogen-bond donors (Lipinski definition) is 0. The molecule has 6 heteroatoms. The largest absolute Gasteiger partial charge is 0.282 e. The average Bonchev–Trinajstić information content (AvgIpc) is 4.00. The van der Waals surface area contributed by atoms with Crippen LogP contribution in [0.1, 0.15) is 87.6 Å². The number of rotatable bonds is 14. The van der Waals surface area contributed by atoms with Crippen molar-refractivity contribution in [1.82, 2.24) is 9.80 Å². The molecule has 2 saturated heterocycles. The summed E-state index contributed by atoms with van der Waals surface area (Å²) in [6, 6.07) is 14.9. The average molecular weight is 711 g/mol. The van der Waals surface area contributed by atoms with Crippen molar-refractivity contribution in [2.45, 2.75) is 72.6 Å². The van der Waals surface area contributed by atoms with E-state index in [0.29, 0.717) is 19.5 Å². The molecule has 4 aliphatic carbocycles. The summed E-state index contributed by atoms with van der Waals surface area (Å²) in [5.41, 5.74) is 8.22. The van der Waals surface area contributed by atoms with Crippen LogP contribution < -0.4 is 0 Å². The molecule has 4 fully saturated rings. The van der Waals surface area contributed by atoms with Crippen LogP contribution in [0.4, 0.5) is 0 Å². The molecule has 0 spiro atoms. The van der Waals surface area contributed by atoms with Gasteiger partial charge >= 0.3 is 0 Å². The number of hydrogen-bond acceptors (Lipinski definition) is 4. The number of fused-ring (bicyclic) bond motifs is 10. The van der Waals surface area contributed by atoms with E-state index in [1.165, 1.54) is 27.8 Å². The highest BCUT2D eigenvalue weighted by Crippen LogP contribution is 2.59. The molecule has 9 atom stereocenters. The van der Waals surface area contributed by atoms with Crippen LogP contribution in [0.25, 0.3) is 17.7 Å². The third-order valence-electron chi connectivity index (χ3n) is 13.8. The van der Waals surface area contributed by atoms with Crippen molar-refractivity contribution >= 4 is 41.4 Å². The number of carbonyl (C=O) groups excluding carboxylic acids is 4. The van der Waals surface area contributed by atoms with Crippen molar-refractivity contribution in [2.24, 2.45) is 58.7 Å². The first-order chi connectivity index (χ1) is 25.4. The van der Waals surface area contributed by atoms with Gasteiger partial charge in [0.25, 0.3) is 0 Å². The molecule has 276 valence electrons. The molecular weight excluding hydrogens is 657 g/mol. The zero-order valence-corrected chi connectivity index (χ0v) is 31.9. The van der Waals surface area contributed by atoms with Gasteiger partial charge in [0.15, 0.2) is 0 Å². The summed E-state index contributed by atoms with van der Waals surface area (Å²) in [4.78, 5) is 58.5. The normalized spacial score (nSPS) is 30.3. The molecule has 6 aliphatic rings. The van der Waals surface area contributed by atoms with Crippen molar-refractivity contribution in [3.8, 4) is 0 Å². The number of likely N-dealkylation sites (tertiary alicyclic amines) is 2. The minimum atomic E-state index is -0.300. The van der Waals surface area contributed by atoms with Crippen molar-refractivity contribution < 1.29 is 19.2 Å². The van der Waals surface area contributed by atoms with Gasteiger partial charge < -0.3 is 0 Å². The van der Waals surface area contributed by atoms with E-state index in [1.54, 1.807) is 9.80 Å². The van der Waals surface area contributed by atoms with Crippen LogP contribution in [0.5, 0.6) is 0 Å². The third-order valence-corrected chi connectivity index (χ3v) is 13.8. The minimum Gasteiger partial charge on any atom is -0.282 e. The maximum absolute atomic E-state index is 14.1. The highest BCUT2D eigenvalue weighted by Gasteiger charge is 2.62. The van der Waals surface area contributed by atoms with Gasteiger partial charge in [-0.3, -0.25) is 29.0 Å². The molecule has 4 bridgehead atoms. The van der Waals surface area contributed by atoms with Gasteiger partial charge in [-0.15, -0.1) is 0 Å². The van der Waals surface area contributed by atoms with E-state index in [0.717, 1.165) is 49.7 Å². The smallest absolute Gasteiger partial charge is 0.233 e. The number of carbonyl (C=O) groups is 4. The third kappa shape index (κ3) is 6.01. The Morgan fingerprint density at radius 2 is 1.38 bits per heavy atom. The SMILES string of the molecule is C=Cc1ccc(CCC2=CC3CC2C2C(=O)N(CCC(C)CC(C)(C)CN4C(=O)C5C6C=C(c7cc(C=C)ccc7CC)C(C6)C5C4=O)C(=O)C32)cc1. The highest BCUT2D eigenvalue weighted by atomic mass is 16.2. The first kappa shape index (κ1) is 35.7. The summed E-state index contributed by atoms with van der Waals surface area (Å²) >= 11 is 0. The number of amides is 4. The fourth-order valence-electron chi connectivity index (χ4n) is 11.5. The fraction of sp³-hybridized carbons (Fsp3) is 0.489. The Morgan fingerprint density at radius 3 is 2.08 bits per heavy atom. The van der Waals surface area contributed by atoms with E-state index in [-0.39, 0.29) is 82.3 Å². The van der Waals surface area contributed by atoms with Crippen molar-refractivity contribution in [3.05, 3.63) is 101 Å². The topological polar surface area (TPSA) is 74.8 Å². The molecule has 8 rings (SSSR count). The Hall–Kier alpha value is -4.32. The van der Waals surface area contributed by atoms with Crippen LogP contribution >= 0.6 is 0 Å². The molecule has 9 unspecified atom stereocenters. The van der Waals surface area contributed by atoms with Crippen molar-refractivity contribution in [2.75, 3.05) is 13.1 Å². The number of benzene rings is 2. The maximum Gasteiger partial charge on any atom is 0.233 e. The van der Waals surface area contributed by atoms with Crippen LogP contribution in [-0.4, -0.2) is 46.5 Å². The summed E-state index contributed by atoms with van der Waals surface area (Å²) < 4.78 is 0. The van der Waals surface area contributed by atoms with E-state index >= 15 is 0 Å². The summed E-state index contributed by atoms with van der Waals surface area (Å²) in [5, 5.41) is 0. The molecule has 2 heterocycles. The molecule has 2 aliphatic heterocycles. The van der Waals surface area contributed by atoms with Gasteiger partial charge in [0.2, 0.25) is 23.6 Å². The lowest BCUT2D eigenvalue weighted by atomic mass is 9.77. The van der Waals surface area contributed by atoms with E-state index < -0.39 is 0 Å². The Kier molecular flexibility index (Phi) is 9.10. The first-order valence-electron chi connectivity index (χ1n) is 20.0. The van der Waals surface area contributed by atoms with Crippen LogP contribution in [-0.2, 0) is 32.0 Å². The summed E-state index contributed by atoms with van der Waals surface area (Å²) in [6.45, 7) is 17.2. The van der Waals surface area contributed by atoms with Gasteiger partial charge in [0.1, 0.15) is 0 Å². The second kappa shape index (κ2) is 13.5. The summed E-state index contributed by atoms with van der Waals surface area (Å²) in [7, 11) is 0. The molecule has 6 nitrogen and oxygen atoms in total. The zero-order chi connectivity index (χ0) is 37.3. The van der Waals surface area contributed by atoms with Gasteiger partial charge in [-0.1, -0.05) is 107 Å². The predicted octanol–water partition coefficient (Wildman–Crippen LogP) is 8.42. The molecular formula is C47H54N2O4. The van der Waals surface area contributed by atoms with Gasteiger partial charge in [-0.05, 0) is 119 Å². The van der Waals surface area contributed by atoms with Gasteiger partial charge in [-0.2, -0.15) is 0 Å². The number of aryl methyl sites for hydroxylation is 2. The van der Waals surface area contributed by atoms with Crippen LogP contribution in [0.3, 0.4) is 0 Å². The van der Waals surface area contributed by atoms with Crippen LogP contribution in [0.15, 0.2) is 73.3 Å².